The van der Waals surface area contributed by atoms with Crippen LogP contribution in [0.3, 0.4) is 0 Å². The fourth-order valence-corrected chi connectivity index (χ4v) is 3.24. The molecule has 1 aromatic carbocycles. The van der Waals surface area contributed by atoms with E-state index < -0.39 is 10.0 Å². The van der Waals surface area contributed by atoms with E-state index in [9.17, 15) is 8.42 Å². The summed E-state index contributed by atoms with van der Waals surface area (Å²) in [6.45, 7) is 4.36. The quantitative estimate of drug-likeness (QED) is 0.870. The van der Waals surface area contributed by atoms with Gasteiger partial charge in [-0.3, -0.25) is 0 Å². The lowest BCUT2D eigenvalue weighted by atomic mass is 9.78. The van der Waals surface area contributed by atoms with Gasteiger partial charge in [-0.15, -0.1) is 0 Å². The molecule has 106 valence electrons. The molecule has 1 aliphatic carbocycles. The third-order valence-electron chi connectivity index (χ3n) is 3.98. The standard InChI is InChI=1S/C14H22N2O2S/c1-11(16-14(2)9-4-10-14)12-5-7-13(8-6-12)19(17,18)15-3/h5-8,11,15-16H,4,9-10H2,1-3H3/t11-/m1/s1. The maximum atomic E-state index is 11.6. The Morgan fingerprint density at radius 2 is 1.79 bits per heavy atom. The van der Waals surface area contributed by atoms with Crippen LogP contribution < -0.4 is 10.0 Å². The van der Waals surface area contributed by atoms with Crippen molar-refractivity contribution in [1.29, 1.82) is 0 Å². The number of benzene rings is 1. The van der Waals surface area contributed by atoms with E-state index in [1.165, 1.54) is 26.3 Å². The Hall–Kier alpha value is -0.910. The van der Waals surface area contributed by atoms with Crippen LogP contribution in [0.4, 0.5) is 0 Å². The average molecular weight is 282 g/mol. The van der Waals surface area contributed by atoms with Crippen molar-refractivity contribution in [2.75, 3.05) is 7.05 Å². The van der Waals surface area contributed by atoms with Gasteiger partial charge < -0.3 is 5.32 Å². The topological polar surface area (TPSA) is 58.2 Å². The minimum absolute atomic E-state index is 0.233. The van der Waals surface area contributed by atoms with Gasteiger partial charge in [0.15, 0.2) is 0 Å². The zero-order chi connectivity index (χ0) is 14.1. The molecule has 0 aliphatic heterocycles. The van der Waals surface area contributed by atoms with E-state index in [1.807, 2.05) is 12.1 Å². The molecule has 1 saturated carbocycles. The van der Waals surface area contributed by atoms with Crippen molar-refractivity contribution in [3.05, 3.63) is 29.8 Å². The van der Waals surface area contributed by atoms with Crippen LogP contribution in [0.1, 0.15) is 44.7 Å². The number of hydrogen-bond donors (Lipinski definition) is 2. The van der Waals surface area contributed by atoms with E-state index in [-0.39, 0.29) is 11.6 Å². The number of hydrogen-bond acceptors (Lipinski definition) is 3. The van der Waals surface area contributed by atoms with E-state index in [4.69, 9.17) is 0 Å². The third-order valence-corrected chi connectivity index (χ3v) is 5.41. The monoisotopic (exact) mass is 282 g/mol. The van der Waals surface area contributed by atoms with Gasteiger partial charge in [-0.1, -0.05) is 12.1 Å². The van der Waals surface area contributed by atoms with Crippen molar-refractivity contribution in [2.45, 2.75) is 49.6 Å². The molecule has 0 amide bonds. The molecular formula is C14H22N2O2S. The van der Waals surface area contributed by atoms with E-state index in [1.54, 1.807) is 12.1 Å². The van der Waals surface area contributed by atoms with Gasteiger partial charge in [-0.05, 0) is 57.9 Å². The molecule has 2 rings (SSSR count). The van der Waals surface area contributed by atoms with Crippen LogP contribution in [0.2, 0.25) is 0 Å². The summed E-state index contributed by atoms with van der Waals surface area (Å²) in [6.07, 6.45) is 3.71. The van der Waals surface area contributed by atoms with Crippen molar-refractivity contribution in [3.63, 3.8) is 0 Å². The molecule has 0 bridgehead atoms. The predicted octanol–water partition coefficient (Wildman–Crippen LogP) is 2.19. The minimum atomic E-state index is -3.34. The lowest BCUT2D eigenvalue weighted by Crippen LogP contribution is -2.49. The summed E-state index contributed by atoms with van der Waals surface area (Å²) in [4.78, 5) is 0.306. The first-order valence-electron chi connectivity index (χ1n) is 6.67. The molecule has 19 heavy (non-hydrogen) atoms. The van der Waals surface area contributed by atoms with Gasteiger partial charge in [-0.2, -0.15) is 0 Å². The Morgan fingerprint density at radius 1 is 1.21 bits per heavy atom. The summed E-state index contributed by atoms with van der Waals surface area (Å²) >= 11 is 0. The first-order chi connectivity index (χ1) is 8.86. The molecule has 0 spiro atoms. The Kier molecular flexibility index (Phi) is 3.99. The number of rotatable bonds is 5. The normalized spacial score (nSPS) is 19.7. The van der Waals surface area contributed by atoms with Gasteiger partial charge in [0, 0.05) is 11.6 Å². The zero-order valence-corrected chi connectivity index (χ0v) is 12.5. The Balaban J connectivity index is 2.10. The second-order valence-corrected chi connectivity index (χ2v) is 7.44. The molecule has 4 nitrogen and oxygen atoms in total. The van der Waals surface area contributed by atoms with Crippen LogP contribution in [-0.4, -0.2) is 21.0 Å². The van der Waals surface area contributed by atoms with E-state index in [0.29, 0.717) is 4.90 Å². The second kappa shape index (κ2) is 5.23. The van der Waals surface area contributed by atoms with Crippen LogP contribution in [0.5, 0.6) is 0 Å². The first kappa shape index (κ1) is 14.5. The maximum absolute atomic E-state index is 11.6. The Labute approximate surface area is 115 Å². The molecule has 1 fully saturated rings. The highest BCUT2D eigenvalue weighted by Gasteiger charge is 2.32. The highest BCUT2D eigenvalue weighted by Crippen LogP contribution is 2.33. The maximum Gasteiger partial charge on any atom is 0.240 e. The highest BCUT2D eigenvalue weighted by molar-refractivity contribution is 7.89. The molecule has 0 aromatic heterocycles. The molecular weight excluding hydrogens is 260 g/mol. The van der Waals surface area contributed by atoms with Crippen molar-refractivity contribution in [3.8, 4) is 0 Å². The summed E-state index contributed by atoms with van der Waals surface area (Å²) in [7, 11) is -1.92. The summed E-state index contributed by atoms with van der Waals surface area (Å²) < 4.78 is 25.6. The van der Waals surface area contributed by atoms with Crippen molar-refractivity contribution < 1.29 is 8.42 Å². The number of nitrogens with one attached hydrogen (secondary N) is 2. The van der Waals surface area contributed by atoms with Gasteiger partial charge in [0.05, 0.1) is 4.90 Å². The SMILES string of the molecule is CNS(=O)(=O)c1ccc([C@@H](C)NC2(C)CCC2)cc1. The lowest BCUT2D eigenvalue weighted by Gasteiger charge is -2.41. The molecule has 0 unspecified atom stereocenters. The van der Waals surface area contributed by atoms with Gasteiger partial charge >= 0.3 is 0 Å². The fraction of sp³-hybridized carbons (Fsp3) is 0.571. The summed E-state index contributed by atoms with van der Waals surface area (Å²) in [5.41, 5.74) is 1.36. The second-order valence-electron chi connectivity index (χ2n) is 5.56. The summed E-state index contributed by atoms with van der Waals surface area (Å²) in [5.74, 6) is 0. The molecule has 5 heteroatoms. The Morgan fingerprint density at radius 3 is 2.21 bits per heavy atom. The molecule has 0 saturated heterocycles. The molecule has 1 aliphatic rings. The average Bonchev–Trinajstić information content (AvgIpc) is 2.37. The fourth-order valence-electron chi connectivity index (χ4n) is 2.51. The summed E-state index contributed by atoms with van der Waals surface area (Å²) in [5, 5.41) is 3.62. The van der Waals surface area contributed by atoms with Crippen molar-refractivity contribution in [2.24, 2.45) is 0 Å². The first-order valence-corrected chi connectivity index (χ1v) is 8.16. The minimum Gasteiger partial charge on any atom is -0.305 e. The van der Waals surface area contributed by atoms with Crippen LogP contribution in [0.15, 0.2) is 29.2 Å². The predicted molar refractivity (Wildman–Crippen MR) is 76.5 cm³/mol. The van der Waals surface area contributed by atoms with Gasteiger partial charge in [-0.25, -0.2) is 13.1 Å². The van der Waals surface area contributed by atoms with Gasteiger partial charge in [0.25, 0.3) is 0 Å². The Bertz CT molecular complexity index is 533. The van der Waals surface area contributed by atoms with Crippen molar-refractivity contribution in [1.82, 2.24) is 10.0 Å². The van der Waals surface area contributed by atoms with Gasteiger partial charge in [0.2, 0.25) is 10.0 Å². The van der Waals surface area contributed by atoms with Crippen LogP contribution in [-0.2, 0) is 10.0 Å². The van der Waals surface area contributed by atoms with E-state index in [0.717, 1.165) is 5.56 Å². The smallest absolute Gasteiger partial charge is 0.240 e. The largest absolute Gasteiger partial charge is 0.305 e. The molecule has 1 atom stereocenters. The molecule has 2 N–H and O–H groups in total. The van der Waals surface area contributed by atoms with Crippen molar-refractivity contribution >= 4 is 10.0 Å². The zero-order valence-electron chi connectivity index (χ0n) is 11.7. The lowest BCUT2D eigenvalue weighted by molar-refractivity contribution is 0.190. The highest BCUT2D eigenvalue weighted by atomic mass is 32.2. The number of sulfonamides is 1. The van der Waals surface area contributed by atoms with Crippen LogP contribution in [0.25, 0.3) is 0 Å². The van der Waals surface area contributed by atoms with Crippen LogP contribution in [0, 0.1) is 0 Å². The summed E-state index contributed by atoms with van der Waals surface area (Å²) in [6, 6.07) is 7.30. The molecule has 0 heterocycles. The van der Waals surface area contributed by atoms with Gasteiger partial charge in [0.1, 0.15) is 0 Å². The van der Waals surface area contributed by atoms with E-state index >= 15 is 0 Å². The molecule has 0 radical (unpaired) electrons. The van der Waals surface area contributed by atoms with Crippen LogP contribution >= 0.6 is 0 Å². The van der Waals surface area contributed by atoms with E-state index in [2.05, 4.69) is 23.9 Å². The third kappa shape index (κ3) is 3.16. The molecule has 1 aromatic rings.